The zero-order valence-corrected chi connectivity index (χ0v) is 10.8. The van der Waals surface area contributed by atoms with E-state index in [4.69, 9.17) is 0 Å². The Morgan fingerprint density at radius 2 is 2.27 bits per heavy atom. The number of nitrogens with zero attached hydrogens (tertiary/aromatic N) is 1. The maximum absolute atomic E-state index is 3.79. The van der Waals surface area contributed by atoms with Gasteiger partial charge in [-0.3, -0.25) is 4.90 Å². The number of rotatable bonds is 6. The molecule has 1 aromatic rings. The van der Waals surface area contributed by atoms with Crippen molar-refractivity contribution in [1.29, 1.82) is 0 Å². The standard InChI is InChI=1S/C13H18BrN/c1-3-8-15(9-4-2)11-12-6-5-7-13(14)10-12/h3,5-7,10H,1,4,8-9,11H2,2H3. The van der Waals surface area contributed by atoms with Crippen LogP contribution in [0.25, 0.3) is 0 Å². The average Bonchev–Trinajstić information content (AvgIpc) is 2.18. The largest absolute Gasteiger partial charge is 0.295 e. The van der Waals surface area contributed by atoms with Crippen LogP contribution >= 0.6 is 15.9 Å². The van der Waals surface area contributed by atoms with Crippen LogP contribution < -0.4 is 0 Å². The van der Waals surface area contributed by atoms with Crippen LogP contribution in [0.4, 0.5) is 0 Å². The molecular formula is C13H18BrN. The zero-order valence-electron chi connectivity index (χ0n) is 9.25. The lowest BCUT2D eigenvalue weighted by Crippen LogP contribution is -2.24. The van der Waals surface area contributed by atoms with Gasteiger partial charge in [-0.25, -0.2) is 0 Å². The summed E-state index contributed by atoms with van der Waals surface area (Å²) in [7, 11) is 0. The van der Waals surface area contributed by atoms with E-state index in [1.54, 1.807) is 0 Å². The van der Waals surface area contributed by atoms with Crippen molar-refractivity contribution in [1.82, 2.24) is 4.90 Å². The molecule has 0 aliphatic rings. The third-order valence-electron chi connectivity index (χ3n) is 2.22. The SMILES string of the molecule is C=CCN(CCC)Cc1cccc(Br)c1. The second kappa shape index (κ2) is 6.81. The van der Waals surface area contributed by atoms with Gasteiger partial charge in [-0.1, -0.05) is 41.1 Å². The highest BCUT2D eigenvalue weighted by molar-refractivity contribution is 9.10. The molecule has 15 heavy (non-hydrogen) atoms. The van der Waals surface area contributed by atoms with Gasteiger partial charge in [-0.15, -0.1) is 6.58 Å². The van der Waals surface area contributed by atoms with Gasteiger partial charge in [-0.2, -0.15) is 0 Å². The number of hydrogen-bond donors (Lipinski definition) is 0. The second-order valence-corrected chi connectivity index (χ2v) is 4.57. The van der Waals surface area contributed by atoms with E-state index >= 15 is 0 Å². The Hall–Kier alpha value is -0.600. The average molecular weight is 268 g/mol. The van der Waals surface area contributed by atoms with E-state index in [-0.39, 0.29) is 0 Å². The molecule has 0 amide bonds. The fourth-order valence-electron chi connectivity index (χ4n) is 1.63. The van der Waals surface area contributed by atoms with Crippen molar-refractivity contribution in [3.8, 4) is 0 Å². The molecule has 82 valence electrons. The minimum atomic E-state index is 0.959. The fraction of sp³-hybridized carbons (Fsp3) is 0.385. The minimum absolute atomic E-state index is 0.959. The third-order valence-corrected chi connectivity index (χ3v) is 2.72. The van der Waals surface area contributed by atoms with Gasteiger partial charge in [0.1, 0.15) is 0 Å². The van der Waals surface area contributed by atoms with E-state index in [1.807, 2.05) is 6.08 Å². The predicted molar refractivity (Wildman–Crippen MR) is 69.9 cm³/mol. The van der Waals surface area contributed by atoms with Crippen LogP contribution in [-0.4, -0.2) is 18.0 Å². The summed E-state index contributed by atoms with van der Waals surface area (Å²) in [6, 6.07) is 8.47. The van der Waals surface area contributed by atoms with Crippen LogP contribution in [0.3, 0.4) is 0 Å². The summed E-state index contributed by atoms with van der Waals surface area (Å²) in [5.41, 5.74) is 1.35. The molecule has 0 atom stereocenters. The van der Waals surface area contributed by atoms with Gasteiger partial charge in [0.05, 0.1) is 0 Å². The molecule has 1 rings (SSSR count). The Morgan fingerprint density at radius 1 is 1.47 bits per heavy atom. The minimum Gasteiger partial charge on any atom is -0.295 e. The first-order valence-corrected chi connectivity index (χ1v) is 6.13. The predicted octanol–water partition coefficient (Wildman–Crippen LogP) is 3.85. The first kappa shape index (κ1) is 12.5. The molecule has 2 heteroatoms. The summed E-state index contributed by atoms with van der Waals surface area (Å²) in [5, 5.41) is 0. The summed E-state index contributed by atoms with van der Waals surface area (Å²) in [5.74, 6) is 0. The Labute approximate surface area is 101 Å². The molecule has 0 N–H and O–H groups in total. The molecule has 0 heterocycles. The van der Waals surface area contributed by atoms with Crippen molar-refractivity contribution in [2.75, 3.05) is 13.1 Å². The van der Waals surface area contributed by atoms with Crippen LogP contribution in [0.2, 0.25) is 0 Å². The Morgan fingerprint density at radius 3 is 2.87 bits per heavy atom. The van der Waals surface area contributed by atoms with Crippen molar-refractivity contribution in [2.45, 2.75) is 19.9 Å². The van der Waals surface area contributed by atoms with Gasteiger partial charge in [0.25, 0.3) is 0 Å². The molecular weight excluding hydrogens is 250 g/mol. The van der Waals surface area contributed by atoms with Gasteiger partial charge < -0.3 is 0 Å². The van der Waals surface area contributed by atoms with Gasteiger partial charge >= 0.3 is 0 Å². The molecule has 1 aromatic carbocycles. The molecule has 0 aliphatic carbocycles. The van der Waals surface area contributed by atoms with Crippen LogP contribution in [-0.2, 0) is 6.54 Å². The van der Waals surface area contributed by atoms with Crippen molar-refractivity contribution in [2.24, 2.45) is 0 Å². The molecule has 0 aromatic heterocycles. The maximum atomic E-state index is 3.79. The monoisotopic (exact) mass is 267 g/mol. The van der Waals surface area contributed by atoms with E-state index < -0.39 is 0 Å². The van der Waals surface area contributed by atoms with Crippen molar-refractivity contribution < 1.29 is 0 Å². The van der Waals surface area contributed by atoms with E-state index in [0.717, 1.165) is 24.1 Å². The summed E-state index contributed by atoms with van der Waals surface area (Å²) in [4.78, 5) is 2.40. The first-order chi connectivity index (χ1) is 7.26. The lowest BCUT2D eigenvalue weighted by Gasteiger charge is -2.19. The molecule has 0 aliphatic heterocycles. The van der Waals surface area contributed by atoms with Crippen molar-refractivity contribution in [3.63, 3.8) is 0 Å². The van der Waals surface area contributed by atoms with Crippen LogP contribution in [0.5, 0.6) is 0 Å². The quantitative estimate of drug-likeness (QED) is 0.708. The number of benzene rings is 1. The highest BCUT2D eigenvalue weighted by atomic mass is 79.9. The van der Waals surface area contributed by atoms with Gasteiger partial charge in [-0.05, 0) is 30.7 Å². The van der Waals surface area contributed by atoms with E-state index in [9.17, 15) is 0 Å². The number of halogens is 1. The zero-order chi connectivity index (χ0) is 11.1. The summed E-state index contributed by atoms with van der Waals surface area (Å²) in [6.45, 7) is 9.08. The Bertz CT molecular complexity index is 309. The fourth-order valence-corrected chi connectivity index (χ4v) is 2.07. The molecule has 1 nitrogen and oxygen atoms in total. The molecule has 0 fully saturated rings. The lowest BCUT2D eigenvalue weighted by atomic mass is 10.2. The Kier molecular flexibility index (Phi) is 5.66. The summed E-state index contributed by atoms with van der Waals surface area (Å²) < 4.78 is 1.15. The molecule has 0 unspecified atom stereocenters. The lowest BCUT2D eigenvalue weighted by molar-refractivity contribution is 0.295. The van der Waals surface area contributed by atoms with Crippen LogP contribution in [0, 0.1) is 0 Å². The molecule has 0 saturated heterocycles. The molecule has 0 radical (unpaired) electrons. The van der Waals surface area contributed by atoms with E-state index in [2.05, 4.69) is 58.6 Å². The summed E-state index contributed by atoms with van der Waals surface area (Å²) >= 11 is 3.49. The third kappa shape index (κ3) is 4.63. The topological polar surface area (TPSA) is 3.24 Å². The molecule has 0 saturated carbocycles. The van der Waals surface area contributed by atoms with Crippen molar-refractivity contribution >= 4 is 15.9 Å². The molecule has 0 bridgehead atoms. The first-order valence-electron chi connectivity index (χ1n) is 5.34. The summed E-state index contributed by atoms with van der Waals surface area (Å²) in [6.07, 6.45) is 3.15. The van der Waals surface area contributed by atoms with Crippen molar-refractivity contribution in [3.05, 3.63) is 47.0 Å². The highest BCUT2D eigenvalue weighted by Gasteiger charge is 2.02. The van der Waals surface area contributed by atoms with Crippen LogP contribution in [0.1, 0.15) is 18.9 Å². The second-order valence-electron chi connectivity index (χ2n) is 3.65. The normalized spacial score (nSPS) is 10.6. The Balaban J connectivity index is 2.60. The van der Waals surface area contributed by atoms with E-state index in [0.29, 0.717) is 0 Å². The highest BCUT2D eigenvalue weighted by Crippen LogP contribution is 2.13. The van der Waals surface area contributed by atoms with Gasteiger partial charge in [0.2, 0.25) is 0 Å². The number of hydrogen-bond acceptors (Lipinski definition) is 1. The smallest absolute Gasteiger partial charge is 0.0237 e. The van der Waals surface area contributed by atoms with Gasteiger partial charge in [0, 0.05) is 17.6 Å². The van der Waals surface area contributed by atoms with Gasteiger partial charge in [0.15, 0.2) is 0 Å². The maximum Gasteiger partial charge on any atom is 0.0237 e. The van der Waals surface area contributed by atoms with Crippen LogP contribution in [0.15, 0.2) is 41.4 Å². The van der Waals surface area contributed by atoms with E-state index in [1.165, 1.54) is 12.0 Å². The molecule has 0 spiro atoms.